The zero-order chi connectivity index (χ0) is 28.3. The van der Waals surface area contributed by atoms with Crippen LogP contribution in [0.15, 0.2) is 42.4 Å². The molecule has 2 fully saturated rings. The van der Waals surface area contributed by atoms with Crippen molar-refractivity contribution in [1.29, 1.82) is 0 Å². The summed E-state index contributed by atoms with van der Waals surface area (Å²) in [5, 5.41) is 3.72. The van der Waals surface area contributed by atoms with Crippen LogP contribution in [0.25, 0.3) is 10.9 Å². The molecule has 6 rings (SSSR count). The molecular weight excluding hydrogens is 515 g/mol. The summed E-state index contributed by atoms with van der Waals surface area (Å²) in [4.78, 5) is 23.2. The SMILES string of the molecule is CC.COc1cc2c(Oc3ccc4c(c3F)CC=C(C)N4)ncnc2cc1OCCC(=O)N1CCC2(COC2)C1. The summed E-state index contributed by atoms with van der Waals surface area (Å²) >= 11 is 0. The lowest BCUT2D eigenvalue weighted by atomic mass is 9.85. The Bertz CT molecular complexity index is 1440. The number of nitrogens with one attached hydrogen (secondary N) is 1. The molecule has 10 heteroatoms. The van der Waals surface area contributed by atoms with Gasteiger partial charge in [-0.2, -0.15) is 0 Å². The number of likely N-dealkylation sites (tertiary alicyclic amines) is 1. The molecule has 3 aliphatic heterocycles. The fourth-order valence-corrected chi connectivity index (χ4v) is 5.19. The number of halogens is 1. The lowest BCUT2D eigenvalue weighted by Crippen LogP contribution is -2.45. The average molecular weight is 551 g/mol. The Hall–Kier alpha value is -3.92. The van der Waals surface area contributed by atoms with E-state index in [0.29, 0.717) is 34.4 Å². The first-order chi connectivity index (χ1) is 19.4. The van der Waals surface area contributed by atoms with Gasteiger partial charge in [-0.15, -0.1) is 0 Å². The summed E-state index contributed by atoms with van der Waals surface area (Å²) in [6.07, 6.45) is 5.02. The maximum absolute atomic E-state index is 15.2. The van der Waals surface area contributed by atoms with Gasteiger partial charge in [0.2, 0.25) is 11.8 Å². The number of amides is 1. The van der Waals surface area contributed by atoms with Crippen LogP contribution in [0, 0.1) is 11.2 Å². The van der Waals surface area contributed by atoms with Crippen LogP contribution < -0.4 is 19.5 Å². The zero-order valence-electron chi connectivity index (χ0n) is 23.4. The monoisotopic (exact) mass is 550 g/mol. The quantitative estimate of drug-likeness (QED) is 0.413. The summed E-state index contributed by atoms with van der Waals surface area (Å²) in [7, 11) is 1.53. The minimum Gasteiger partial charge on any atom is -0.493 e. The van der Waals surface area contributed by atoms with Gasteiger partial charge in [-0.3, -0.25) is 4.79 Å². The Morgan fingerprint density at radius 3 is 2.73 bits per heavy atom. The third-order valence-corrected chi connectivity index (χ3v) is 7.42. The van der Waals surface area contributed by atoms with Crippen LogP contribution in [0.4, 0.5) is 10.1 Å². The van der Waals surface area contributed by atoms with E-state index in [2.05, 4.69) is 15.3 Å². The summed E-state index contributed by atoms with van der Waals surface area (Å²) in [5.41, 5.74) is 2.95. The molecule has 40 heavy (non-hydrogen) atoms. The van der Waals surface area contributed by atoms with E-state index in [1.807, 2.05) is 31.7 Å². The molecule has 1 N–H and O–H groups in total. The number of hydrogen-bond donors (Lipinski definition) is 1. The highest BCUT2D eigenvalue weighted by Gasteiger charge is 2.45. The fraction of sp³-hybridized carbons (Fsp3) is 0.433. The topological polar surface area (TPSA) is 95.0 Å². The van der Waals surface area contributed by atoms with E-state index in [9.17, 15) is 4.79 Å². The van der Waals surface area contributed by atoms with E-state index in [4.69, 9.17) is 18.9 Å². The summed E-state index contributed by atoms with van der Waals surface area (Å²) in [5.74, 6) is 0.805. The summed E-state index contributed by atoms with van der Waals surface area (Å²) in [6.45, 7) is 9.14. The Labute approximate surface area is 233 Å². The zero-order valence-corrected chi connectivity index (χ0v) is 23.4. The second kappa shape index (κ2) is 11.7. The molecule has 0 saturated carbocycles. The number of benzene rings is 2. The molecule has 2 saturated heterocycles. The highest BCUT2D eigenvalue weighted by atomic mass is 19.1. The first-order valence-corrected chi connectivity index (χ1v) is 13.7. The second-order valence-electron chi connectivity index (χ2n) is 10.1. The number of ether oxygens (including phenoxy) is 4. The van der Waals surface area contributed by atoms with Gasteiger partial charge in [0.15, 0.2) is 23.1 Å². The van der Waals surface area contributed by atoms with Crippen molar-refractivity contribution < 1.29 is 28.1 Å². The molecule has 1 amide bonds. The number of fused-ring (bicyclic) bond motifs is 2. The Morgan fingerprint density at radius 2 is 2.00 bits per heavy atom. The number of rotatable bonds is 7. The van der Waals surface area contributed by atoms with Crippen molar-refractivity contribution in [2.75, 3.05) is 45.3 Å². The molecule has 0 atom stereocenters. The molecule has 212 valence electrons. The number of methoxy groups -OCH3 is 1. The normalized spacial score (nSPS) is 16.7. The number of carbonyl (C=O) groups excluding carboxylic acids is 1. The van der Waals surface area contributed by atoms with Gasteiger partial charge in [0.25, 0.3) is 0 Å². The van der Waals surface area contributed by atoms with Gasteiger partial charge in [0.05, 0.1) is 44.3 Å². The van der Waals surface area contributed by atoms with Crippen molar-refractivity contribution in [2.45, 2.75) is 40.0 Å². The molecule has 1 spiro atoms. The Morgan fingerprint density at radius 1 is 1.18 bits per heavy atom. The number of anilines is 1. The molecular formula is C30H35FN4O5. The maximum atomic E-state index is 15.2. The minimum absolute atomic E-state index is 0.0690. The lowest BCUT2D eigenvalue weighted by Gasteiger charge is -2.37. The Kier molecular flexibility index (Phi) is 8.07. The highest BCUT2D eigenvalue weighted by molar-refractivity contribution is 5.87. The third-order valence-electron chi connectivity index (χ3n) is 7.42. The average Bonchev–Trinajstić information content (AvgIpc) is 3.42. The van der Waals surface area contributed by atoms with Crippen molar-refractivity contribution in [3.63, 3.8) is 0 Å². The van der Waals surface area contributed by atoms with Crippen LogP contribution in [-0.4, -0.2) is 60.8 Å². The Balaban J connectivity index is 0.00000158. The van der Waals surface area contributed by atoms with Crippen molar-refractivity contribution >= 4 is 22.5 Å². The highest BCUT2D eigenvalue weighted by Crippen LogP contribution is 2.39. The second-order valence-corrected chi connectivity index (χ2v) is 10.1. The molecule has 9 nitrogen and oxygen atoms in total. The maximum Gasteiger partial charge on any atom is 0.230 e. The molecule has 1 aromatic heterocycles. The van der Waals surface area contributed by atoms with E-state index in [-0.39, 0.29) is 36.0 Å². The number of carbonyl (C=O) groups is 1. The largest absolute Gasteiger partial charge is 0.493 e. The van der Waals surface area contributed by atoms with Gasteiger partial charge < -0.3 is 29.2 Å². The summed E-state index contributed by atoms with van der Waals surface area (Å²) in [6, 6.07) is 6.79. The van der Waals surface area contributed by atoms with Crippen molar-refractivity contribution in [1.82, 2.24) is 14.9 Å². The first kappa shape index (κ1) is 27.6. The third kappa shape index (κ3) is 5.40. The smallest absolute Gasteiger partial charge is 0.230 e. The predicted molar refractivity (Wildman–Crippen MR) is 150 cm³/mol. The van der Waals surface area contributed by atoms with Crippen molar-refractivity contribution in [2.24, 2.45) is 5.41 Å². The predicted octanol–water partition coefficient (Wildman–Crippen LogP) is 5.49. The van der Waals surface area contributed by atoms with E-state index in [1.54, 1.807) is 24.3 Å². The van der Waals surface area contributed by atoms with Gasteiger partial charge in [0.1, 0.15) is 6.33 Å². The van der Waals surface area contributed by atoms with Gasteiger partial charge in [-0.05, 0) is 38.0 Å². The molecule has 4 heterocycles. The lowest BCUT2D eigenvalue weighted by molar-refractivity contribution is -0.135. The number of hydrogen-bond acceptors (Lipinski definition) is 8. The standard InChI is InChI=1S/C28H29FN4O5.C2H6/c1-17-3-4-18-20(32-17)5-6-22(26(18)29)38-27-19-11-23(35-2)24(12-21(19)30-16-31-27)37-10-7-25(34)33-9-8-28(13-33)14-36-15-28;1-2/h3,5-6,11-12,16,32H,4,7-10,13-15H2,1-2H3;1-2H3. The molecule has 0 bridgehead atoms. The number of allylic oxidation sites excluding steroid dienone is 2. The van der Waals surface area contributed by atoms with Crippen LogP contribution >= 0.6 is 0 Å². The van der Waals surface area contributed by atoms with Gasteiger partial charge in [0, 0.05) is 41.5 Å². The van der Waals surface area contributed by atoms with E-state index >= 15 is 4.39 Å². The van der Waals surface area contributed by atoms with Crippen molar-refractivity contribution in [3.8, 4) is 23.1 Å². The van der Waals surface area contributed by atoms with Crippen LogP contribution in [0.1, 0.15) is 39.2 Å². The molecule has 0 aliphatic carbocycles. The summed E-state index contributed by atoms with van der Waals surface area (Å²) < 4.78 is 38.0. The molecule has 2 aromatic carbocycles. The van der Waals surface area contributed by atoms with Crippen LogP contribution in [0.5, 0.6) is 23.1 Å². The fourth-order valence-electron chi connectivity index (χ4n) is 5.19. The van der Waals surface area contributed by atoms with Gasteiger partial charge >= 0.3 is 0 Å². The molecule has 3 aliphatic rings. The molecule has 3 aromatic rings. The van der Waals surface area contributed by atoms with Gasteiger partial charge in [-0.25, -0.2) is 14.4 Å². The van der Waals surface area contributed by atoms with E-state index in [1.165, 1.54) is 13.4 Å². The number of nitrogens with zero attached hydrogens (tertiary/aromatic N) is 3. The van der Waals surface area contributed by atoms with Crippen molar-refractivity contribution in [3.05, 3.63) is 53.7 Å². The van der Waals surface area contributed by atoms with Gasteiger partial charge in [-0.1, -0.05) is 19.9 Å². The van der Waals surface area contributed by atoms with Crippen LogP contribution in [0.3, 0.4) is 0 Å². The minimum atomic E-state index is -0.434. The first-order valence-electron chi connectivity index (χ1n) is 13.7. The molecule has 0 radical (unpaired) electrons. The van der Waals surface area contributed by atoms with Crippen LogP contribution in [0.2, 0.25) is 0 Å². The van der Waals surface area contributed by atoms with E-state index < -0.39 is 5.82 Å². The van der Waals surface area contributed by atoms with E-state index in [0.717, 1.165) is 44.1 Å². The van der Waals surface area contributed by atoms with Crippen LogP contribution in [-0.2, 0) is 16.0 Å². The number of aromatic nitrogens is 2. The molecule has 0 unspecified atom stereocenters.